The van der Waals surface area contributed by atoms with Gasteiger partial charge in [-0.3, -0.25) is 0 Å². The Morgan fingerprint density at radius 1 is 1.15 bits per heavy atom. The van der Waals surface area contributed by atoms with E-state index in [0.29, 0.717) is 17.9 Å². The van der Waals surface area contributed by atoms with Crippen LogP contribution < -0.4 is 10.1 Å². The fraction of sp³-hybridized carbons (Fsp3) is 0.286. The van der Waals surface area contributed by atoms with Crippen molar-refractivity contribution >= 4 is 17.7 Å². The second-order valence-electron chi connectivity index (χ2n) is 6.09. The summed E-state index contributed by atoms with van der Waals surface area (Å²) >= 11 is 1.74. The van der Waals surface area contributed by atoms with Crippen LogP contribution in [0.5, 0.6) is 5.75 Å². The number of carbonyl (C=O) groups excluding carboxylic acids is 1. The molecule has 1 atom stereocenters. The van der Waals surface area contributed by atoms with Crippen molar-refractivity contribution in [2.24, 2.45) is 0 Å². The van der Waals surface area contributed by atoms with Crippen molar-refractivity contribution in [1.29, 1.82) is 0 Å². The number of benzene rings is 2. The quantitative estimate of drug-likeness (QED) is 0.660. The lowest BCUT2D eigenvalue weighted by Crippen LogP contribution is -2.23. The monoisotopic (exact) mass is 385 g/mol. The Balaban J connectivity index is 1.46. The standard InChI is InChI=1S/C21H23NO4S/c1-24-20(11-18-14-27-15-22-18)13-25-19-9-7-17(8-10-19)21(23)26-12-16-5-3-2-4-6-16/h2-10,14,20,22H,11-13,15H2,1H3. The van der Waals surface area contributed by atoms with Gasteiger partial charge < -0.3 is 19.5 Å². The van der Waals surface area contributed by atoms with E-state index in [2.05, 4.69) is 10.7 Å². The molecular formula is C21H23NO4S. The fourth-order valence-electron chi connectivity index (χ4n) is 2.58. The molecule has 3 rings (SSSR count). The molecule has 1 unspecified atom stereocenters. The van der Waals surface area contributed by atoms with E-state index in [1.165, 1.54) is 5.70 Å². The maximum absolute atomic E-state index is 12.1. The van der Waals surface area contributed by atoms with Gasteiger partial charge in [-0.05, 0) is 35.2 Å². The average Bonchev–Trinajstić information content (AvgIpc) is 3.23. The third-order valence-corrected chi connectivity index (χ3v) is 4.89. The molecule has 1 heterocycles. The second kappa shape index (κ2) is 10.0. The second-order valence-corrected chi connectivity index (χ2v) is 6.95. The molecule has 0 fully saturated rings. The van der Waals surface area contributed by atoms with Gasteiger partial charge in [0.15, 0.2) is 0 Å². The van der Waals surface area contributed by atoms with Gasteiger partial charge in [-0.25, -0.2) is 4.79 Å². The van der Waals surface area contributed by atoms with E-state index >= 15 is 0 Å². The molecule has 5 nitrogen and oxygen atoms in total. The molecule has 0 spiro atoms. The Hall–Kier alpha value is -2.44. The number of thioether (sulfide) groups is 1. The minimum Gasteiger partial charge on any atom is -0.491 e. The first-order valence-corrected chi connectivity index (χ1v) is 9.80. The van der Waals surface area contributed by atoms with Crippen molar-refractivity contribution in [3.05, 3.63) is 76.8 Å². The molecule has 0 saturated carbocycles. The summed E-state index contributed by atoms with van der Waals surface area (Å²) in [6.07, 6.45) is 0.755. The lowest BCUT2D eigenvalue weighted by atomic mass is 10.2. The molecule has 1 aliphatic heterocycles. The number of esters is 1. The van der Waals surface area contributed by atoms with Gasteiger partial charge in [0.2, 0.25) is 0 Å². The summed E-state index contributed by atoms with van der Waals surface area (Å²) in [5.41, 5.74) is 2.63. The average molecular weight is 385 g/mol. The van der Waals surface area contributed by atoms with Crippen molar-refractivity contribution in [2.75, 3.05) is 19.6 Å². The Bertz CT molecular complexity index is 762. The van der Waals surface area contributed by atoms with Crippen LogP contribution in [0.15, 0.2) is 65.7 Å². The van der Waals surface area contributed by atoms with Gasteiger partial charge in [0.25, 0.3) is 0 Å². The predicted molar refractivity (Wildman–Crippen MR) is 107 cm³/mol. The molecule has 0 amide bonds. The van der Waals surface area contributed by atoms with Crippen molar-refractivity contribution < 1.29 is 19.0 Å². The molecule has 2 aromatic rings. The van der Waals surface area contributed by atoms with Gasteiger partial charge in [0.1, 0.15) is 19.0 Å². The van der Waals surface area contributed by atoms with Crippen LogP contribution in [-0.2, 0) is 16.1 Å². The van der Waals surface area contributed by atoms with E-state index in [1.807, 2.05) is 30.3 Å². The summed E-state index contributed by atoms with van der Waals surface area (Å²) in [5.74, 6) is 1.25. The Morgan fingerprint density at radius 3 is 2.59 bits per heavy atom. The fourth-order valence-corrected chi connectivity index (χ4v) is 3.31. The van der Waals surface area contributed by atoms with Crippen LogP contribution in [-0.4, -0.2) is 31.7 Å². The van der Waals surface area contributed by atoms with Crippen LogP contribution in [0.2, 0.25) is 0 Å². The molecule has 0 aliphatic carbocycles. The van der Waals surface area contributed by atoms with E-state index in [-0.39, 0.29) is 18.7 Å². The van der Waals surface area contributed by atoms with Gasteiger partial charge in [-0.15, -0.1) is 11.8 Å². The van der Waals surface area contributed by atoms with Crippen LogP contribution in [0.4, 0.5) is 0 Å². The van der Waals surface area contributed by atoms with Gasteiger partial charge in [0, 0.05) is 19.2 Å². The number of ether oxygens (including phenoxy) is 3. The summed E-state index contributed by atoms with van der Waals surface area (Å²) in [4.78, 5) is 12.1. The van der Waals surface area contributed by atoms with Gasteiger partial charge in [-0.2, -0.15) is 0 Å². The number of nitrogens with one attached hydrogen (secondary N) is 1. The summed E-state index contributed by atoms with van der Waals surface area (Å²) in [7, 11) is 1.68. The van der Waals surface area contributed by atoms with Gasteiger partial charge >= 0.3 is 5.97 Å². The minimum atomic E-state index is -0.350. The normalized spacial score (nSPS) is 14.2. The smallest absolute Gasteiger partial charge is 0.338 e. The van der Waals surface area contributed by atoms with E-state index in [4.69, 9.17) is 14.2 Å². The highest BCUT2D eigenvalue weighted by Crippen LogP contribution is 2.19. The number of hydrogen-bond acceptors (Lipinski definition) is 6. The highest BCUT2D eigenvalue weighted by molar-refractivity contribution is 8.02. The van der Waals surface area contributed by atoms with Crippen molar-refractivity contribution in [1.82, 2.24) is 5.32 Å². The molecule has 142 valence electrons. The van der Waals surface area contributed by atoms with Crippen LogP contribution >= 0.6 is 11.8 Å². The molecule has 0 radical (unpaired) electrons. The number of rotatable bonds is 9. The zero-order valence-corrected chi connectivity index (χ0v) is 16.0. The predicted octanol–water partition coefficient (Wildman–Crippen LogP) is 3.96. The molecule has 0 bridgehead atoms. The molecule has 6 heteroatoms. The molecule has 2 aromatic carbocycles. The van der Waals surface area contributed by atoms with Crippen molar-refractivity contribution in [3.8, 4) is 5.75 Å². The highest BCUT2D eigenvalue weighted by atomic mass is 32.2. The summed E-state index contributed by atoms with van der Waals surface area (Å²) in [5, 5.41) is 5.41. The zero-order chi connectivity index (χ0) is 18.9. The molecule has 0 aromatic heterocycles. The van der Waals surface area contributed by atoms with Crippen LogP contribution in [0.25, 0.3) is 0 Å². The third-order valence-electron chi connectivity index (χ3n) is 4.13. The Morgan fingerprint density at radius 2 is 1.93 bits per heavy atom. The Kier molecular flexibility index (Phi) is 7.19. The first-order valence-electron chi connectivity index (χ1n) is 8.76. The lowest BCUT2D eigenvalue weighted by molar-refractivity contribution is 0.0472. The van der Waals surface area contributed by atoms with E-state index in [0.717, 1.165) is 17.9 Å². The Labute approximate surface area is 163 Å². The van der Waals surface area contributed by atoms with E-state index < -0.39 is 0 Å². The van der Waals surface area contributed by atoms with Gasteiger partial charge in [-0.1, -0.05) is 30.3 Å². The highest BCUT2D eigenvalue weighted by Gasteiger charge is 2.14. The number of methoxy groups -OCH3 is 1. The molecule has 1 N–H and O–H groups in total. The van der Waals surface area contributed by atoms with Crippen LogP contribution in [0.1, 0.15) is 22.3 Å². The number of carbonyl (C=O) groups is 1. The lowest BCUT2D eigenvalue weighted by Gasteiger charge is -2.17. The first kappa shape index (κ1) is 19.3. The molecular weight excluding hydrogens is 362 g/mol. The number of hydrogen-bond donors (Lipinski definition) is 1. The largest absolute Gasteiger partial charge is 0.491 e. The maximum atomic E-state index is 12.1. The summed E-state index contributed by atoms with van der Waals surface area (Å²) < 4.78 is 16.6. The van der Waals surface area contributed by atoms with Crippen molar-refractivity contribution in [2.45, 2.75) is 19.1 Å². The van der Waals surface area contributed by atoms with E-state index in [9.17, 15) is 4.79 Å². The molecule has 0 saturated heterocycles. The van der Waals surface area contributed by atoms with Crippen LogP contribution in [0, 0.1) is 0 Å². The van der Waals surface area contributed by atoms with Crippen molar-refractivity contribution in [3.63, 3.8) is 0 Å². The zero-order valence-electron chi connectivity index (χ0n) is 15.2. The van der Waals surface area contributed by atoms with Gasteiger partial charge in [0.05, 0.1) is 17.5 Å². The summed E-state index contributed by atoms with van der Waals surface area (Å²) in [6, 6.07) is 16.6. The van der Waals surface area contributed by atoms with Crippen LogP contribution in [0.3, 0.4) is 0 Å². The molecule has 1 aliphatic rings. The summed E-state index contributed by atoms with van der Waals surface area (Å²) in [6.45, 7) is 0.702. The first-order chi connectivity index (χ1) is 13.2. The third kappa shape index (κ3) is 6.05. The topological polar surface area (TPSA) is 56.8 Å². The SMILES string of the molecule is COC(COc1ccc(C(=O)OCc2ccccc2)cc1)CC1=CSCN1. The minimum absolute atomic E-state index is 0.0297. The van der Waals surface area contributed by atoms with E-state index in [1.54, 1.807) is 43.1 Å². The molecule has 27 heavy (non-hydrogen) atoms. The maximum Gasteiger partial charge on any atom is 0.338 e.